The van der Waals surface area contributed by atoms with Crippen LogP contribution in [0.2, 0.25) is 0 Å². The number of benzene rings is 1. The van der Waals surface area contributed by atoms with E-state index in [1.165, 1.54) is 13.2 Å². The molecule has 2 rings (SSSR count). The Hall–Kier alpha value is -2.71. The zero-order valence-electron chi connectivity index (χ0n) is 9.84. The molecule has 1 aliphatic rings. The summed E-state index contributed by atoms with van der Waals surface area (Å²) >= 11 is 0. The average Bonchev–Trinajstić information content (AvgIpc) is 2.35. The molecule has 0 radical (unpaired) electrons. The highest BCUT2D eigenvalue weighted by Gasteiger charge is 2.37. The van der Waals surface area contributed by atoms with Crippen LogP contribution in [0.4, 0.5) is 17.1 Å². The molecule has 0 unspecified atom stereocenters. The Morgan fingerprint density at radius 1 is 1.21 bits per heavy atom. The van der Waals surface area contributed by atoms with Gasteiger partial charge in [0.2, 0.25) is 11.7 Å². The molecule has 0 saturated heterocycles. The van der Waals surface area contributed by atoms with E-state index in [4.69, 9.17) is 4.74 Å². The highest BCUT2D eigenvalue weighted by Crippen LogP contribution is 2.45. The highest BCUT2D eigenvalue weighted by molar-refractivity contribution is 5.98. The van der Waals surface area contributed by atoms with Crippen molar-refractivity contribution in [2.45, 2.75) is 12.8 Å². The lowest BCUT2D eigenvalue weighted by Crippen LogP contribution is -2.20. The molecule has 0 atom stereocenters. The predicted octanol–water partition coefficient (Wildman–Crippen LogP) is 1.40. The Morgan fingerprint density at radius 3 is 2.37 bits per heavy atom. The van der Waals surface area contributed by atoms with Gasteiger partial charge < -0.3 is 10.1 Å². The van der Waals surface area contributed by atoms with E-state index in [1.54, 1.807) is 0 Å². The van der Waals surface area contributed by atoms with Crippen molar-refractivity contribution in [3.63, 3.8) is 0 Å². The van der Waals surface area contributed by atoms with Crippen LogP contribution in [0, 0.1) is 20.2 Å². The summed E-state index contributed by atoms with van der Waals surface area (Å²) < 4.78 is 4.83. The number of aryl methyl sites for hydroxylation is 1. The number of nitro groups is 2. The smallest absolute Gasteiger partial charge is 0.389 e. The molecule has 19 heavy (non-hydrogen) atoms. The van der Waals surface area contributed by atoms with Crippen molar-refractivity contribution in [3.05, 3.63) is 31.9 Å². The molecule has 1 aromatic rings. The maximum atomic E-state index is 11.3. The van der Waals surface area contributed by atoms with Gasteiger partial charge >= 0.3 is 11.4 Å². The number of carbonyl (C=O) groups excluding carboxylic acids is 1. The average molecular weight is 267 g/mol. The first-order chi connectivity index (χ1) is 8.95. The van der Waals surface area contributed by atoms with Gasteiger partial charge in [-0.25, -0.2) is 0 Å². The monoisotopic (exact) mass is 267 g/mol. The van der Waals surface area contributed by atoms with E-state index in [0.29, 0.717) is 5.56 Å². The van der Waals surface area contributed by atoms with Crippen LogP contribution >= 0.6 is 0 Å². The third-order valence-corrected chi connectivity index (χ3v) is 2.79. The van der Waals surface area contributed by atoms with Gasteiger partial charge in [0.1, 0.15) is 5.69 Å². The highest BCUT2D eigenvalue weighted by atomic mass is 16.6. The summed E-state index contributed by atoms with van der Waals surface area (Å²) in [5.41, 5.74) is -1.16. The molecule has 1 aliphatic heterocycles. The third kappa shape index (κ3) is 2.05. The molecule has 1 amide bonds. The minimum absolute atomic E-state index is 0.117. The molecule has 0 aliphatic carbocycles. The van der Waals surface area contributed by atoms with Crippen molar-refractivity contribution < 1.29 is 19.4 Å². The van der Waals surface area contributed by atoms with E-state index in [0.717, 1.165) is 0 Å². The lowest BCUT2D eigenvalue weighted by molar-refractivity contribution is -0.422. The topological polar surface area (TPSA) is 125 Å². The molecular weight excluding hydrogens is 258 g/mol. The molecule has 0 spiro atoms. The van der Waals surface area contributed by atoms with E-state index in [-0.39, 0.29) is 24.3 Å². The molecule has 0 saturated carbocycles. The van der Waals surface area contributed by atoms with E-state index in [9.17, 15) is 25.0 Å². The number of hydrogen-bond donors (Lipinski definition) is 1. The maximum Gasteiger partial charge on any atom is 0.389 e. The van der Waals surface area contributed by atoms with Gasteiger partial charge in [-0.3, -0.25) is 25.0 Å². The molecule has 100 valence electrons. The quantitative estimate of drug-likeness (QED) is 0.651. The van der Waals surface area contributed by atoms with Crippen LogP contribution in [0.5, 0.6) is 5.75 Å². The van der Waals surface area contributed by atoms with Gasteiger partial charge in [0.05, 0.1) is 17.0 Å². The van der Waals surface area contributed by atoms with Gasteiger partial charge in [0, 0.05) is 6.42 Å². The molecule has 0 fully saturated rings. The lowest BCUT2D eigenvalue weighted by atomic mass is 10.00. The fourth-order valence-electron chi connectivity index (χ4n) is 1.98. The van der Waals surface area contributed by atoms with E-state index < -0.39 is 27.1 Å². The van der Waals surface area contributed by atoms with Crippen LogP contribution in [-0.4, -0.2) is 22.9 Å². The van der Waals surface area contributed by atoms with Crippen LogP contribution in [0.25, 0.3) is 0 Å². The maximum absolute atomic E-state index is 11.3. The van der Waals surface area contributed by atoms with Gasteiger partial charge in [-0.05, 0) is 18.1 Å². The van der Waals surface area contributed by atoms with Crippen molar-refractivity contribution in [2.75, 3.05) is 12.4 Å². The second-order valence-electron chi connectivity index (χ2n) is 3.87. The fraction of sp³-hybridized carbons (Fsp3) is 0.300. The van der Waals surface area contributed by atoms with E-state index >= 15 is 0 Å². The summed E-state index contributed by atoms with van der Waals surface area (Å²) in [4.78, 5) is 31.6. The zero-order valence-corrected chi connectivity index (χ0v) is 9.84. The number of fused-ring (bicyclic) bond motifs is 1. The second-order valence-corrected chi connectivity index (χ2v) is 3.87. The third-order valence-electron chi connectivity index (χ3n) is 2.79. The Kier molecular flexibility index (Phi) is 3.03. The first-order valence-corrected chi connectivity index (χ1v) is 5.28. The SMILES string of the molecule is COc1cc2c(c([N+](=O)[O-])c1[N+](=O)[O-])NC(=O)CC2. The molecular formula is C10H9N3O6. The number of carbonyl (C=O) groups is 1. The summed E-state index contributed by atoms with van der Waals surface area (Å²) in [6.45, 7) is 0. The Labute approximate surface area is 106 Å². The number of hydrogen-bond acceptors (Lipinski definition) is 6. The van der Waals surface area contributed by atoms with Gasteiger partial charge in [-0.2, -0.15) is 0 Å². The van der Waals surface area contributed by atoms with Crippen molar-refractivity contribution in [3.8, 4) is 5.75 Å². The number of nitrogens with one attached hydrogen (secondary N) is 1. The molecule has 1 aromatic carbocycles. The standard InChI is InChI=1S/C10H9N3O6/c1-19-6-4-5-2-3-7(14)11-8(5)10(13(17)18)9(6)12(15)16/h4H,2-3H2,1H3,(H,11,14). The molecule has 1 N–H and O–H groups in total. The number of amides is 1. The minimum atomic E-state index is -0.891. The molecule has 1 heterocycles. The van der Waals surface area contributed by atoms with Crippen molar-refractivity contribution in [2.24, 2.45) is 0 Å². The Morgan fingerprint density at radius 2 is 1.84 bits per heavy atom. The molecule has 0 aromatic heterocycles. The number of methoxy groups -OCH3 is 1. The van der Waals surface area contributed by atoms with Gasteiger partial charge in [-0.15, -0.1) is 0 Å². The first-order valence-electron chi connectivity index (χ1n) is 5.28. The summed E-state index contributed by atoms with van der Waals surface area (Å²) in [6.07, 6.45) is 0.446. The minimum Gasteiger partial charge on any atom is -0.490 e. The van der Waals surface area contributed by atoms with Gasteiger partial charge in [0.15, 0.2) is 0 Å². The summed E-state index contributed by atoms with van der Waals surface area (Å²) in [5, 5.41) is 24.4. The molecule has 9 heteroatoms. The lowest BCUT2D eigenvalue weighted by Gasteiger charge is -2.17. The van der Waals surface area contributed by atoms with Crippen LogP contribution in [0.1, 0.15) is 12.0 Å². The van der Waals surface area contributed by atoms with Crippen molar-refractivity contribution in [1.29, 1.82) is 0 Å². The van der Waals surface area contributed by atoms with Crippen LogP contribution in [-0.2, 0) is 11.2 Å². The predicted molar refractivity (Wildman–Crippen MR) is 63.3 cm³/mol. The largest absolute Gasteiger partial charge is 0.490 e. The first kappa shape index (κ1) is 12.7. The van der Waals surface area contributed by atoms with Gasteiger partial charge in [-0.1, -0.05) is 0 Å². The zero-order chi connectivity index (χ0) is 14.2. The normalized spacial score (nSPS) is 13.4. The molecule has 0 bridgehead atoms. The van der Waals surface area contributed by atoms with Crippen molar-refractivity contribution >= 4 is 23.0 Å². The number of nitrogens with zero attached hydrogens (tertiary/aromatic N) is 2. The fourth-order valence-corrected chi connectivity index (χ4v) is 1.98. The van der Waals surface area contributed by atoms with Crippen LogP contribution < -0.4 is 10.1 Å². The molecule has 9 nitrogen and oxygen atoms in total. The number of nitro benzene ring substituents is 2. The summed E-state index contributed by atoms with van der Waals surface area (Å²) in [6, 6.07) is 1.35. The Bertz CT molecular complexity index is 597. The number of ether oxygens (including phenoxy) is 1. The number of anilines is 1. The Balaban J connectivity index is 2.79. The van der Waals surface area contributed by atoms with Crippen molar-refractivity contribution in [1.82, 2.24) is 0 Å². The van der Waals surface area contributed by atoms with Gasteiger partial charge in [0.25, 0.3) is 0 Å². The van der Waals surface area contributed by atoms with E-state index in [2.05, 4.69) is 5.32 Å². The summed E-state index contributed by atoms with van der Waals surface area (Å²) in [7, 11) is 1.19. The van der Waals surface area contributed by atoms with Crippen LogP contribution in [0.15, 0.2) is 6.07 Å². The van der Waals surface area contributed by atoms with Crippen LogP contribution in [0.3, 0.4) is 0 Å². The second kappa shape index (κ2) is 4.52. The van der Waals surface area contributed by atoms with E-state index in [1.807, 2.05) is 0 Å². The summed E-state index contributed by atoms with van der Waals surface area (Å²) in [5.74, 6) is -0.596. The number of rotatable bonds is 3.